The third-order valence-electron chi connectivity index (χ3n) is 6.31. The fourth-order valence-electron chi connectivity index (χ4n) is 4.35. The summed E-state index contributed by atoms with van der Waals surface area (Å²) < 4.78 is 48.8. The largest absolute Gasteiger partial charge is 0.496 e. The number of carbonyl (C=O) groups excluding carboxylic acids is 2. The molecule has 0 amide bonds. The van der Waals surface area contributed by atoms with Crippen LogP contribution in [0.15, 0.2) is 35.2 Å². The molecule has 2 aromatic rings. The van der Waals surface area contributed by atoms with Gasteiger partial charge in [0.05, 0.1) is 37.5 Å². The molecule has 2 aromatic carbocycles. The predicted molar refractivity (Wildman–Crippen MR) is 139 cm³/mol. The molecule has 1 aliphatic heterocycles. The number of ketones is 1. The van der Waals surface area contributed by atoms with Crippen LogP contribution in [0.1, 0.15) is 47.4 Å². The second-order valence-electron chi connectivity index (χ2n) is 8.37. The van der Waals surface area contributed by atoms with Crippen LogP contribution in [0.2, 0.25) is 0 Å². The molecule has 0 atom stereocenters. The van der Waals surface area contributed by atoms with Gasteiger partial charge in [-0.25, -0.2) is 13.2 Å². The van der Waals surface area contributed by atoms with E-state index in [2.05, 4.69) is 0 Å². The summed E-state index contributed by atoms with van der Waals surface area (Å²) in [6.07, 6.45) is 1.92. The summed E-state index contributed by atoms with van der Waals surface area (Å²) >= 11 is 0. The lowest BCUT2D eigenvalue weighted by molar-refractivity contribution is 0.0473. The molecule has 3 rings (SSSR count). The van der Waals surface area contributed by atoms with Gasteiger partial charge >= 0.3 is 5.97 Å². The van der Waals surface area contributed by atoms with Crippen LogP contribution in [-0.2, 0) is 14.8 Å². The lowest BCUT2D eigenvalue weighted by Crippen LogP contribution is -2.31. The number of sulfonamides is 1. The molecule has 0 radical (unpaired) electrons. The molecule has 0 aromatic heterocycles. The van der Waals surface area contributed by atoms with Crippen LogP contribution in [0.4, 0.5) is 5.69 Å². The Morgan fingerprint density at radius 1 is 0.919 bits per heavy atom. The number of rotatable bonds is 12. The molecule has 0 N–H and O–H groups in total. The highest BCUT2D eigenvalue weighted by atomic mass is 32.2. The van der Waals surface area contributed by atoms with Crippen molar-refractivity contribution in [3.05, 3.63) is 41.5 Å². The standard InChI is InChI=1S/C26H34N2O8S/c1-6-28(7-2)37(31,32)19-10-11-21(27-12-8-9-13-27)20(16-19)26(30)36-17-22(29)25-23(34-4)14-18(33-3)15-24(25)35-5/h10-11,14-16H,6-9,12-13,17H2,1-5H3. The van der Waals surface area contributed by atoms with Gasteiger partial charge in [0.1, 0.15) is 22.8 Å². The van der Waals surface area contributed by atoms with Crippen LogP contribution in [0.25, 0.3) is 0 Å². The molecular weight excluding hydrogens is 500 g/mol. The van der Waals surface area contributed by atoms with Gasteiger partial charge in [-0.15, -0.1) is 0 Å². The maximum Gasteiger partial charge on any atom is 0.340 e. The van der Waals surface area contributed by atoms with Gasteiger partial charge in [0.15, 0.2) is 6.61 Å². The highest BCUT2D eigenvalue weighted by Crippen LogP contribution is 2.35. The molecule has 1 heterocycles. The molecule has 0 unspecified atom stereocenters. The Balaban J connectivity index is 1.93. The van der Waals surface area contributed by atoms with Crippen molar-refractivity contribution in [2.24, 2.45) is 0 Å². The molecule has 0 spiro atoms. The van der Waals surface area contributed by atoms with Gasteiger partial charge in [0.25, 0.3) is 0 Å². The van der Waals surface area contributed by atoms with Gasteiger partial charge < -0.3 is 23.8 Å². The molecule has 37 heavy (non-hydrogen) atoms. The average molecular weight is 535 g/mol. The van der Waals surface area contributed by atoms with Crippen molar-refractivity contribution in [1.82, 2.24) is 4.31 Å². The van der Waals surface area contributed by atoms with Gasteiger partial charge in [-0.1, -0.05) is 13.8 Å². The Morgan fingerprint density at radius 2 is 1.51 bits per heavy atom. The summed E-state index contributed by atoms with van der Waals surface area (Å²) in [4.78, 5) is 28.4. The summed E-state index contributed by atoms with van der Waals surface area (Å²) in [5.74, 6) is -0.481. The van der Waals surface area contributed by atoms with Crippen LogP contribution in [0.3, 0.4) is 0 Å². The molecule has 202 valence electrons. The minimum Gasteiger partial charge on any atom is -0.496 e. The summed E-state index contributed by atoms with van der Waals surface area (Å²) in [7, 11) is 0.483. The first kappa shape index (κ1) is 28.3. The Kier molecular flexibility index (Phi) is 9.39. The van der Waals surface area contributed by atoms with E-state index >= 15 is 0 Å². The van der Waals surface area contributed by atoms with E-state index in [-0.39, 0.29) is 27.5 Å². The van der Waals surface area contributed by atoms with E-state index in [0.29, 0.717) is 24.5 Å². The lowest BCUT2D eigenvalue weighted by atomic mass is 10.1. The molecule has 1 aliphatic rings. The summed E-state index contributed by atoms with van der Waals surface area (Å²) in [6, 6.07) is 7.55. The Bertz CT molecular complexity index is 1210. The summed E-state index contributed by atoms with van der Waals surface area (Å²) in [5, 5.41) is 0. The first-order valence-electron chi connectivity index (χ1n) is 12.1. The minimum absolute atomic E-state index is 0.00378. The summed E-state index contributed by atoms with van der Waals surface area (Å²) in [6.45, 7) is 4.98. The maximum absolute atomic E-state index is 13.3. The second kappa shape index (κ2) is 12.3. The number of anilines is 1. The number of hydrogen-bond acceptors (Lipinski definition) is 9. The number of esters is 1. The topological polar surface area (TPSA) is 112 Å². The zero-order valence-electron chi connectivity index (χ0n) is 21.9. The third kappa shape index (κ3) is 5.99. The Hall–Kier alpha value is -3.31. The lowest BCUT2D eigenvalue weighted by Gasteiger charge is -2.23. The van der Waals surface area contributed by atoms with Crippen molar-refractivity contribution >= 4 is 27.5 Å². The van der Waals surface area contributed by atoms with Crippen LogP contribution in [0.5, 0.6) is 17.2 Å². The molecular formula is C26H34N2O8S. The van der Waals surface area contributed by atoms with E-state index in [1.54, 1.807) is 19.9 Å². The monoisotopic (exact) mass is 534 g/mol. The van der Waals surface area contributed by atoms with Crippen molar-refractivity contribution < 1.29 is 37.0 Å². The maximum atomic E-state index is 13.3. The smallest absolute Gasteiger partial charge is 0.340 e. The molecule has 10 nitrogen and oxygen atoms in total. The van der Waals surface area contributed by atoms with Crippen molar-refractivity contribution in [3.63, 3.8) is 0 Å². The SMILES string of the molecule is CCN(CC)S(=O)(=O)c1ccc(N2CCCC2)c(C(=O)OCC(=O)c2c(OC)cc(OC)cc2OC)c1. The van der Waals surface area contributed by atoms with Gasteiger partial charge in [-0.05, 0) is 31.0 Å². The van der Waals surface area contributed by atoms with Crippen molar-refractivity contribution in [1.29, 1.82) is 0 Å². The fourth-order valence-corrected chi connectivity index (χ4v) is 5.83. The van der Waals surface area contributed by atoms with Crippen LogP contribution in [-0.4, -0.2) is 78.6 Å². The number of Topliss-reactive ketones (excluding diaryl/α,β-unsaturated/α-hetero) is 1. The number of carbonyl (C=O) groups is 2. The molecule has 11 heteroatoms. The fraction of sp³-hybridized carbons (Fsp3) is 0.462. The van der Waals surface area contributed by atoms with Crippen LogP contribution >= 0.6 is 0 Å². The van der Waals surface area contributed by atoms with E-state index in [1.165, 1.54) is 49.9 Å². The first-order chi connectivity index (χ1) is 17.7. The number of benzene rings is 2. The minimum atomic E-state index is -3.80. The van der Waals surface area contributed by atoms with Crippen molar-refractivity contribution in [2.45, 2.75) is 31.6 Å². The average Bonchev–Trinajstić information content (AvgIpc) is 3.45. The number of nitrogens with zero attached hydrogens (tertiary/aromatic N) is 2. The predicted octanol–water partition coefficient (Wildman–Crippen LogP) is 3.38. The molecule has 0 aliphatic carbocycles. The van der Waals surface area contributed by atoms with E-state index in [1.807, 2.05) is 4.90 Å². The highest BCUT2D eigenvalue weighted by Gasteiger charge is 2.28. The van der Waals surface area contributed by atoms with Crippen molar-refractivity contribution in [3.8, 4) is 17.2 Å². The number of ether oxygens (including phenoxy) is 4. The van der Waals surface area contributed by atoms with Gasteiger partial charge in [0.2, 0.25) is 15.8 Å². The van der Waals surface area contributed by atoms with Gasteiger partial charge in [-0.2, -0.15) is 4.31 Å². The van der Waals surface area contributed by atoms with Gasteiger partial charge in [-0.3, -0.25) is 4.79 Å². The number of methoxy groups -OCH3 is 3. The van der Waals surface area contributed by atoms with Gasteiger partial charge in [0, 0.05) is 38.3 Å². The van der Waals surface area contributed by atoms with E-state index in [9.17, 15) is 18.0 Å². The molecule has 1 saturated heterocycles. The molecule has 1 fully saturated rings. The second-order valence-corrected chi connectivity index (χ2v) is 10.3. The Labute approximate surface area is 218 Å². The first-order valence-corrected chi connectivity index (χ1v) is 13.5. The quantitative estimate of drug-likeness (QED) is 0.299. The Morgan fingerprint density at radius 3 is 2.03 bits per heavy atom. The normalized spacial score (nSPS) is 13.5. The molecule has 0 bridgehead atoms. The van der Waals surface area contributed by atoms with E-state index in [4.69, 9.17) is 18.9 Å². The molecule has 0 saturated carbocycles. The van der Waals surface area contributed by atoms with Crippen molar-refractivity contribution in [2.75, 3.05) is 59.0 Å². The van der Waals surface area contributed by atoms with Crippen LogP contribution < -0.4 is 19.1 Å². The zero-order valence-corrected chi connectivity index (χ0v) is 22.7. The summed E-state index contributed by atoms with van der Waals surface area (Å²) in [5.41, 5.74) is 0.779. The highest BCUT2D eigenvalue weighted by molar-refractivity contribution is 7.89. The van der Waals surface area contributed by atoms with Crippen LogP contribution in [0, 0.1) is 0 Å². The number of hydrogen-bond donors (Lipinski definition) is 0. The third-order valence-corrected chi connectivity index (χ3v) is 8.35. The zero-order chi connectivity index (χ0) is 27.2. The van der Waals surface area contributed by atoms with E-state index < -0.39 is 28.4 Å². The van der Waals surface area contributed by atoms with E-state index in [0.717, 1.165) is 25.9 Å².